The number of hydrogen-bond donors (Lipinski definition) is 0. The summed E-state index contributed by atoms with van der Waals surface area (Å²) in [4.78, 5) is 21.7. The third-order valence-electron chi connectivity index (χ3n) is 3.12. The van der Waals surface area contributed by atoms with Crippen molar-refractivity contribution in [2.45, 2.75) is 13.1 Å². The molecule has 0 fully saturated rings. The number of rotatable bonds is 3. The fourth-order valence-electron chi connectivity index (χ4n) is 2.14. The van der Waals surface area contributed by atoms with E-state index in [0.717, 1.165) is 25.1 Å². The highest BCUT2D eigenvalue weighted by atomic mass is 19.4. The Balaban J connectivity index is 2.73. The standard InChI is InChI=1S/C15H10F3NO3/c1-9(20)13-8-10(19(21)22)6-7-11(13)12-4-2-3-5-14(12)15(16,17)18/h2-8H,1H3. The molecule has 0 atom stereocenters. The van der Waals surface area contributed by atoms with Crippen LogP contribution in [0.25, 0.3) is 11.1 Å². The summed E-state index contributed by atoms with van der Waals surface area (Å²) >= 11 is 0. The average Bonchev–Trinajstić information content (AvgIpc) is 2.45. The van der Waals surface area contributed by atoms with Crippen LogP contribution in [0.3, 0.4) is 0 Å². The van der Waals surface area contributed by atoms with Crippen molar-refractivity contribution in [3.8, 4) is 11.1 Å². The summed E-state index contributed by atoms with van der Waals surface area (Å²) in [5, 5.41) is 10.8. The molecule has 2 aromatic carbocycles. The van der Waals surface area contributed by atoms with Gasteiger partial charge >= 0.3 is 6.18 Å². The Morgan fingerprint density at radius 2 is 1.73 bits per heavy atom. The fraction of sp³-hybridized carbons (Fsp3) is 0.133. The second kappa shape index (κ2) is 5.59. The number of nitro benzene ring substituents is 1. The van der Waals surface area contributed by atoms with Gasteiger partial charge in [0.1, 0.15) is 0 Å². The SMILES string of the molecule is CC(=O)c1cc([N+](=O)[O-])ccc1-c1ccccc1C(F)(F)F. The first-order valence-corrected chi connectivity index (χ1v) is 6.18. The Kier molecular flexibility index (Phi) is 3.99. The molecular weight excluding hydrogens is 299 g/mol. The summed E-state index contributed by atoms with van der Waals surface area (Å²) in [5.41, 5.74) is -1.53. The topological polar surface area (TPSA) is 60.2 Å². The second-order valence-corrected chi connectivity index (χ2v) is 4.59. The molecule has 2 aromatic rings. The molecule has 22 heavy (non-hydrogen) atoms. The highest BCUT2D eigenvalue weighted by Crippen LogP contribution is 2.38. The van der Waals surface area contributed by atoms with Crippen molar-refractivity contribution in [3.63, 3.8) is 0 Å². The lowest BCUT2D eigenvalue weighted by molar-refractivity contribution is -0.384. The van der Waals surface area contributed by atoms with E-state index in [-0.39, 0.29) is 22.4 Å². The molecule has 114 valence electrons. The number of hydrogen-bond acceptors (Lipinski definition) is 3. The van der Waals surface area contributed by atoms with Crippen molar-refractivity contribution in [1.29, 1.82) is 0 Å². The zero-order valence-electron chi connectivity index (χ0n) is 11.3. The molecular formula is C15H10F3NO3. The summed E-state index contributed by atoms with van der Waals surface area (Å²) in [6, 6.07) is 8.03. The number of non-ortho nitro benzene ring substituents is 1. The van der Waals surface area contributed by atoms with Crippen LogP contribution in [-0.4, -0.2) is 10.7 Å². The predicted molar refractivity (Wildman–Crippen MR) is 73.5 cm³/mol. The van der Waals surface area contributed by atoms with Gasteiger partial charge in [0.15, 0.2) is 5.78 Å². The van der Waals surface area contributed by atoms with Crippen LogP contribution in [-0.2, 0) is 6.18 Å². The largest absolute Gasteiger partial charge is 0.417 e. The minimum atomic E-state index is -4.59. The Labute approximate surface area is 123 Å². The number of alkyl halides is 3. The summed E-state index contributed by atoms with van der Waals surface area (Å²) in [5.74, 6) is -0.546. The fourth-order valence-corrected chi connectivity index (χ4v) is 2.14. The van der Waals surface area contributed by atoms with Crippen molar-refractivity contribution in [2.24, 2.45) is 0 Å². The summed E-state index contributed by atoms with van der Waals surface area (Å²) in [6.07, 6.45) is -4.59. The average molecular weight is 309 g/mol. The van der Waals surface area contributed by atoms with E-state index in [2.05, 4.69) is 0 Å². The van der Waals surface area contributed by atoms with Crippen LogP contribution in [0.4, 0.5) is 18.9 Å². The van der Waals surface area contributed by atoms with Crippen LogP contribution < -0.4 is 0 Å². The number of benzene rings is 2. The monoisotopic (exact) mass is 309 g/mol. The summed E-state index contributed by atoms with van der Waals surface area (Å²) < 4.78 is 39.2. The van der Waals surface area contributed by atoms with Crippen molar-refractivity contribution < 1.29 is 22.9 Å². The highest BCUT2D eigenvalue weighted by molar-refractivity contribution is 6.01. The van der Waals surface area contributed by atoms with Crippen molar-refractivity contribution >= 4 is 11.5 Å². The molecule has 0 aliphatic rings. The second-order valence-electron chi connectivity index (χ2n) is 4.59. The molecule has 0 unspecified atom stereocenters. The zero-order chi connectivity index (χ0) is 16.5. The summed E-state index contributed by atoms with van der Waals surface area (Å²) in [6.45, 7) is 1.15. The Hall–Kier alpha value is -2.70. The van der Waals surface area contributed by atoms with Gasteiger partial charge in [0.2, 0.25) is 0 Å². The quantitative estimate of drug-likeness (QED) is 0.477. The third-order valence-corrected chi connectivity index (χ3v) is 3.12. The Morgan fingerprint density at radius 1 is 1.09 bits per heavy atom. The molecule has 0 amide bonds. The van der Waals surface area contributed by atoms with Crippen molar-refractivity contribution in [2.75, 3.05) is 0 Å². The van der Waals surface area contributed by atoms with Crippen LogP contribution in [0.5, 0.6) is 0 Å². The van der Waals surface area contributed by atoms with Crippen LogP contribution in [0.2, 0.25) is 0 Å². The molecule has 7 heteroatoms. The number of carbonyl (C=O) groups is 1. The Morgan fingerprint density at radius 3 is 2.27 bits per heavy atom. The van der Waals surface area contributed by atoms with Gasteiger partial charge in [-0.15, -0.1) is 0 Å². The maximum atomic E-state index is 13.1. The number of nitro groups is 1. The molecule has 0 saturated carbocycles. The normalized spacial score (nSPS) is 11.3. The van der Waals surface area contributed by atoms with E-state index < -0.39 is 22.4 Å². The molecule has 0 bridgehead atoms. The van der Waals surface area contributed by atoms with Crippen molar-refractivity contribution in [1.82, 2.24) is 0 Å². The first kappa shape index (κ1) is 15.7. The molecule has 2 rings (SSSR count). The van der Waals surface area contributed by atoms with E-state index in [9.17, 15) is 28.1 Å². The molecule has 4 nitrogen and oxygen atoms in total. The van der Waals surface area contributed by atoms with Gasteiger partial charge in [0, 0.05) is 17.7 Å². The molecule has 0 aliphatic carbocycles. The lowest BCUT2D eigenvalue weighted by Crippen LogP contribution is -2.08. The van der Waals surface area contributed by atoms with Crippen LogP contribution in [0.1, 0.15) is 22.8 Å². The smallest absolute Gasteiger partial charge is 0.294 e. The number of halogens is 3. The van der Waals surface area contributed by atoms with Crippen LogP contribution >= 0.6 is 0 Å². The highest BCUT2D eigenvalue weighted by Gasteiger charge is 2.34. The van der Waals surface area contributed by atoms with E-state index in [0.29, 0.717) is 0 Å². The molecule has 0 N–H and O–H groups in total. The van der Waals surface area contributed by atoms with Crippen molar-refractivity contribution in [3.05, 3.63) is 63.7 Å². The molecule has 0 radical (unpaired) electrons. The lowest BCUT2D eigenvalue weighted by Gasteiger charge is -2.14. The van der Waals surface area contributed by atoms with E-state index >= 15 is 0 Å². The van der Waals surface area contributed by atoms with Gasteiger partial charge in [-0.05, 0) is 30.2 Å². The first-order valence-electron chi connectivity index (χ1n) is 6.18. The lowest BCUT2D eigenvalue weighted by atomic mass is 9.93. The molecule has 0 saturated heterocycles. The third kappa shape index (κ3) is 2.98. The zero-order valence-corrected chi connectivity index (χ0v) is 11.3. The van der Waals surface area contributed by atoms with E-state index in [1.807, 2.05) is 0 Å². The van der Waals surface area contributed by atoms with Crippen LogP contribution in [0.15, 0.2) is 42.5 Å². The number of Topliss-reactive ketones (excluding diaryl/α,β-unsaturated/α-hetero) is 1. The molecule has 0 aromatic heterocycles. The van der Waals surface area contributed by atoms with E-state index in [1.54, 1.807) is 0 Å². The first-order chi connectivity index (χ1) is 10.2. The number of carbonyl (C=O) groups excluding carboxylic acids is 1. The Bertz CT molecular complexity index is 754. The number of nitrogens with zero attached hydrogens (tertiary/aromatic N) is 1. The van der Waals surface area contributed by atoms with Gasteiger partial charge in [0.25, 0.3) is 5.69 Å². The predicted octanol–water partition coefficient (Wildman–Crippen LogP) is 4.48. The summed E-state index contributed by atoms with van der Waals surface area (Å²) in [7, 11) is 0. The van der Waals surface area contributed by atoms with Gasteiger partial charge in [-0.3, -0.25) is 14.9 Å². The van der Waals surface area contributed by atoms with Gasteiger partial charge in [-0.2, -0.15) is 13.2 Å². The van der Waals surface area contributed by atoms with E-state index in [1.165, 1.54) is 24.3 Å². The molecule has 0 spiro atoms. The van der Waals surface area contributed by atoms with Gasteiger partial charge < -0.3 is 0 Å². The van der Waals surface area contributed by atoms with E-state index in [4.69, 9.17) is 0 Å². The maximum absolute atomic E-state index is 13.1. The minimum Gasteiger partial charge on any atom is -0.294 e. The minimum absolute atomic E-state index is 0.0195. The van der Waals surface area contributed by atoms with Gasteiger partial charge in [-0.1, -0.05) is 18.2 Å². The van der Waals surface area contributed by atoms with Crippen LogP contribution in [0, 0.1) is 10.1 Å². The maximum Gasteiger partial charge on any atom is 0.417 e. The van der Waals surface area contributed by atoms with Gasteiger partial charge in [0.05, 0.1) is 10.5 Å². The number of ketones is 1. The molecule has 0 heterocycles. The molecule has 0 aliphatic heterocycles. The van der Waals surface area contributed by atoms with Gasteiger partial charge in [-0.25, -0.2) is 0 Å².